The van der Waals surface area contributed by atoms with Crippen molar-refractivity contribution in [1.29, 1.82) is 0 Å². The normalized spacial score (nSPS) is 9.56. The van der Waals surface area contributed by atoms with E-state index in [1.54, 1.807) is 11.8 Å². The Hall–Kier alpha value is -0.0800. The summed E-state index contributed by atoms with van der Waals surface area (Å²) >= 11 is 5.98. The molecule has 9 heavy (non-hydrogen) atoms. The maximum Gasteiger partial charge on any atom is 0.0203 e. The van der Waals surface area contributed by atoms with Gasteiger partial charge < -0.3 is 0 Å². The quantitative estimate of drug-likeness (QED) is 0.482. The smallest absolute Gasteiger partial charge is 0.0203 e. The van der Waals surface area contributed by atoms with Crippen molar-refractivity contribution in [3.63, 3.8) is 0 Å². The molecule has 0 aliphatic carbocycles. The number of thiol groups is 1. The van der Waals surface area contributed by atoms with E-state index in [2.05, 4.69) is 25.0 Å². The molecule has 0 aromatic heterocycles. The third kappa shape index (κ3) is 1.66. The number of benzene rings is 1. The molecule has 1 rings (SSSR count). The molecule has 1 aromatic rings. The summed E-state index contributed by atoms with van der Waals surface area (Å²) in [7, 11) is 0. The summed E-state index contributed by atoms with van der Waals surface area (Å²) in [5.41, 5.74) is 0. The van der Waals surface area contributed by atoms with E-state index in [1.165, 1.54) is 4.90 Å². The van der Waals surface area contributed by atoms with Crippen molar-refractivity contribution in [2.45, 2.75) is 9.79 Å². The predicted octanol–water partition coefficient (Wildman–Crippen LogP) is 2.70. The fraction of sp³-hybridized carbons (Fsp3) is 0.143. The monoisotopic (exact) mass is 156 g/mol. The molecule has 0 atom stereocenters. The van der Waals surface area contributed by atoms with Crippen LogP contribution >= 0.6 is 24.4 Å². The van der Waals surface area contributed by atoms with Crippen molar-refractivity contribution < 1.29 is 0 Å². The summed E-state index contributed by atoms with van der Waals surface area (Å²) in [5.74, 6) is 0. The van der Waals surface area contributed by atoms with Gasteiger partial charge in [0.1, 0.15) is 0 Å². The van der Waals surface area contributed by atoms with E-state index in [0.29, 0.717) is 0 Å². The van der Waals surface area contributed by atoms with Crippen LogP contribution in [0.25, 0.3) is 0 Å². The predicted molar refractivity (Wildman–Crippen MR) is 45.5 cm³/mol. The minimum Gasteiger partial charge on any atom is -0.142 e. The van der Waals surface area contributed by atoms with E-state index in [-0.39, 0.29) is 0 Å². The molecule has 0 saturated heterocycles. The molecule has 48 valence electrons. The van der Waals surface area contributed by atoms with Crippen LogP contribution in [0.4, 0.5) is 0 Å². The second kappa shape index (κ2) is 3.18. The van der Waals surface area contributed by atoms with Gasteiger partial charge in [-0.1, -0.05) is 12.1 Å². The van der Waals surface area contributed by atoms with Gasteiger partial charge in [0.2, 0.25) is 0 Å². The SMILES string of the molecule is CSc1ccccc1S. The number of hydrogen-bond acceptors (Lipinski definition) is 2. The summed E-state index contributed by atoms with van der Waals surface area (Å²) in [4.78, 5) is 2.30. The number of hydrogen-bond donors (Lipinski definition) is 1. The molecule has 0 spiro atoms. The Morgan fingerprint density at radius 3 is 2.44 bits per heavy atom. The van der Waals surface area contributed by atoms with Crippen LogP contribution in [0.5, 0.6) is 0 Å². The second-order valence-corrected chi connectivity index (χ2v) is 3.00. The summed E-state index contributed by atoms with van der Waals surface area (Å²) in [6.45, 7) is 0. The zero-order valence-electron chi connectivity index (χ0n) is 5.16. The highest BCUT2D eigenvalue weighted by Crippen LogP contribution is 2.21. The van der Waals surface area contributed by atoms with Gasteiger partial charge in [-0.2, -0.15) is 0 Å². The van der Waals surface area contributed by atoms with Gasteiger partial charge in [-0.15, -0.1) is 24.4 Å². The molecule has 2 heteroatoms. The highest BCUT2D eigenvalue weighted by atomic mass is 32.2. The van der Waals surface area contributed by atoms with Crippen molar-refractivity contribution in [2.24, 2.45) is 0 Å². The Bertz CT molecular complexity index is 196. The van der Waals surface area contributed by atoms with Gasteiger partial charge in [0, 0.05) is 9.79 Å². The molecule has 0 fully saturated rings. The summed E-state index contributed by atoms with van der Waals surface area (Å²) < 4.78 is 0. The van der Waals surface area contributed by atoms with Gasteiger partial charge in [-0.3, -0.25) is 0 Å². The molecule has 0 N–H and O–H groups in total. The first-order valence-corrected chi connectivity index (χ1v) is 4.34. The van der Waals surface area contributed by atoms with E-state index >= 15 is 0 Å². The molecule has 0 radical (unpaired) electrons. The van der Waals surface area contributed by atoms with Gasteiger partial charge >= 0.3 is 0 Å². The molecule has 0 saturated carbocycles. The molecule has 0 bridgehead atoms. The lowest BCUT2D eigenvalue weighted by molar-refractivity contribution is 1.26. The minimum absolute atomic E-state index is 1.06. The maximum atomic E-state index is 4.26. The molecular formula is C7H8S2. The van der Waals surface area contributed by atoms with E-state index in [1.807, 2.05) is 18.2 Å². The lowest BCUT2D eigenvalue weighted by Crippen LogP contribution is -1.69. The highest BCUT2D eigenvalue weighted by Gasteiger charge is 1.91. The third-order valence-corrected chi connectivity index (χ3v) is 2.42. The van der Waals surface area contributed by atoms with Crippen LogP contribution in [0.1, 0.15) is 0 Å². The summed E-state index contributed by atoms with van der Waals surface area (Å²) in [6, 6.07) is 8.07. The fourth-order valence-corrected chi connectivity index (χ4v) is 1.56. The molecule has 0 heterocycles. The summed E-state index contributed by atoms with van der Waals surface area (Å²) in [5, 5.41) is 0. The maximum absolute atomic E-state index is 4.26. The van der Waals surface area contributed by atoms with Gasteiger partial charge in [-0.25, -0.2) is 0 Å². The first kappa shape index (κ1) is 7.03. The van der Waals surface area contributed by atoms with Crippen LogP contribution in [0.3, 0.4) is 0 Å². The Labute approximate surface area is 65.1 Å². The molecule has 0 unspecified atom stereocenters. The van der Waals surface area contributed by atoms with Crippen LogP contribution < -0.4 is 0 Å². The van der Waals surface area contributed by atoms with Gasteiger partial charge in [-0.05, 0) is 18.4 Å². The zero-order chi connectivity index (χ0) is 6.69. The number of thioether (sulfide) groups is 1. The lowest BCUT2D eigenvalue weighted by atomic mass is 10.4. The molecule has 0 nitrogen and oxygen atoms in total. The second-order valence-electron chi connectivity index (χ2n) is 1.67. The van der Waals surface area contributed by atoms with Crippen molar-refractivity contribution in [1.82, 2.24) is 0 Å². The standard InChI is InChI=1S/C7H8S2/c1-9-7-5-3-2-4-6(7)8/h2-5,8H,1H3. The lowest BCUT2D eigenvalue weighted by Gasteiger charge is -1.96. The topological polar surface area (TPSA) is 0 Å². The highest BCUT2D eigenvalue weighted by molar-refractivity contribution is 7.99. The van der Waals surface area contributed by atoms with Crippen molar-refractivity contribution in [3.05, 3.63) is 24.3 Å². The Morgan fingerprint density at radius 2 is 2.00 bits per heavy atom. The van der Waals surface area contributed by atoms with Crippen molar-refractivity contribution in [3.8, 4) is 0 Å². The van der Waals surface area contributed by atoms with Crippen LogP contribution in [0.15, 0.2) is 34.1 Å². The Balaban J connectivity index is 3.01. The average Bonchev–Trinajstić information content (AvgIpc) is 1.89. The van der Waals surface area contributed by atoms with Crippen LogP contribution in [-0.4, -0.2) is 6.26 Å². The van der Waals surface area contributed by atoms with E-state index in [4.69, 9.17) is 0 Å². The Morgan fingerprint density at radius 1 is 1.33 bits per heavy atom. The number of rotatable bonds is 1. The molecule has 0 aliphatic rings. The van der Waals surface area contributed by atoms with Crippen molar-refractivity contribution in [2.75, 3.05) is 6.26 Å². The minimum atomic E-state index is 1.06. The zero-order valence-corrected chi connectivity index (χ0v) is 6.88. The van der Waals surface area contributed by atoms with Gasteiger partial charge in [0.05, 0.1) is 0 Å². The van der Waals surface area contributed by atoms with Crippen LogP contribution in [0.2, 0.25) is 0 Å². The molecule has 0 amide bonds. The van der Waals surface area contributed by atoms with E-state index in [9.17, 15) is 0 Å². The van der Waals surface area contributed by atoms with Crippen LogP contribution in [0, 0.1) is 0 Å². The average molecular weight is 156 g/mol. The van der Waals surface area contributed by atoms with Gasteiger partial charge in [0.25, 0.3) is 0 Å². The third-order valence-electron chi connectivity index (χ3n) is 1.09. The van der Waals surface area contributed by atoms with E-state index < -0.39 is 0 Å². The van der Waals surface area contributed by atoms with E-state index in [0.717, 1.165) is 4.90 Å². The van der Waals surface area contributed by atoms with Crippen LogP contribution in [-0.2, 0) is 0 Å². The van der Waals surface area contributed by atoms with Gasteiger partial charge in [0.15, 0.2) is 0 Å². The largest absolute Gasteiger partial charge is 0.142 e. The molecule has 0 aliphatic heterocycles. The summed E-state index contributed by atoms with van der Waals surface area (Å²) in [6.07, 6.45) is 2.05. The molecule has 1 aromatic carbocycles. The first-order chi connectivity index (χ1) is 4.34. The Kier molecular flexibility index (Phi) is 2.49. The van der Waals surface area contributed by atoms with Crippen molar-refractivity contribution >= 4 is 24.4 Å². The molecular weight excluding hydrogens is 148 g/mol. The first-order valence-electron chi connectivity index (χ1n) is 2.66. The fourth-order valence-electron chi connectivity index (χ4n) is 0.630.